The first-order valence-electron chi connectivity index (χ1n) is 9.17. The number of azide groups is 1. The van der Waals surface area contributed by atoms with Crippen LogP contribution in [0.4, 0.5) is 0 Å². The fraction of sp³-hybridized carbons (Fsp3) is 0.333. The number of nitrogens with zero attached hydrogens (tertiary/aromatic N) is 3. The van der Waals surface area contributed by atoms with Crippen LogP contribution in [0.1, 0.15) is 38.3 Å². The van der Waals surface area contributed by atoms with Crippen molar-refractivity contribution in [3.05, 3.63) is 81.2 Å². The normalized spacial score (nSPS) is 20.6. The molecule has 2 aromatic rings. The maximum atomic E-state index is 12.4. The van der Waals surface area contributed by atoms with Crippen LogP contribution in [-0.2, 0) is 14.2 Å². The first-order chi connectivity index (χ1) is 14.0. The van der Waals surface area contributed by atoms with E-state index in [2.05, 4.69) is 10.0 Å². The highest BCUT2D eigenvalue weighted by molar-refractivity contribution is 5.90. The molecular weight excluding hydrogens is 374 g/mol. The summed E-state index contributed by atoms with van der Waals surface area (Å²) >= 11 is 0. The Labute approximate surface area is 168 Å². The average Bonchev–Trinajstić information content (AvgIpc) is 3.08. The highest BCUT2D eigenvalue weighted by atomic mass is 16.6. The van der Waals surface area contributed by atoms with Crippen LogP contribution in [0.2, 0.25) is 0 Å². The van der Waals surface area contributed by atoms with Crippen molar-refractivity contribution in [1.82, 2.24) is 0 Å². The number of esters is 2. The van der Waals surface area contributed by atoms with Crippen molar-refractivity contribution in [2.24, 2.45) is 5.11 Å². The summed E-state index contributed by atoms with van der Waals surface area (Å²) in [7, 11) is 0. The van der Waals surface area contributed by atoms with E-state index in [1.165, 1.54) is 0 Å². The maximum absolute atomic E-state index is 12.4. The number of rotatable bonds is 6. The van der Waals surface area contributed by atoms with Crippen molar-refractivity contribution in [3.8, 4) is 0 Å². The van der Waals surface area contributed by atoms with Gasteiger partial charge < -0.3 is 14.2 Å². The number of ether oxygens (including phenoxy) is 3. The van der Waals surface area contributed by atoms with Gasteiger partial charge in [-0.15, -0.1) is 0 Å². The molecule has 1 aliphatic rings. The second-order valence-electron chi connectivity index (χ2n) is 6.84. The Balaban J connectivity index is 1.64. The van der Waals surface area contributed by atoms with E-state index in [4.69, 9.17) is 19.7 Å². The molecule has 150 valence electrons. The zero-order valence-corrected chi connectivity index (χ0v) is 16.1. The summed E-state index contributed by atoms with van der Waals surface area (Å²) in [6, 6.07) is 13.9. The van der Waals surface area contributed by atoms with E-state index < -0.39 is 30.4 Å². The lowest BCUT2D eigenvalue weighted by atomic mass is 10.1. The summed E-state index contributed by atoms with van der Waals surface area (Å²) in [6.07, 6.45) is -2.03. The molecule has 1 aliphatic heterocycles. The predicted octanol–water partition coefficient (Wildman–Crippen LogP) is 4.11. The van der Waals surface area contributed by atoms with Crippen molar-refractivity contribution in [1.29, 1.82) is 0 Å². The Morgan fingerprint density at radius 2 is 1.59 bits per heavy atom. The Morgan fingerprint density at radius 1 is 1.03 bits per heavy atom. The second-order valence-corrected chi connectivity index (χ2v) is 6.84. The number of carbonyl (C=O) groups is 2. The molecule has 0 amide bonds. The number of aryl methyl sites for hydroxylation is 2. The van der Waals surface area contributed by atoms with Crippen LogP contribution in [0.25, 0.3) is 10.4 Å². The molecule has 2 aromatic carbocycles. The molecule has 0 aromatic heterocycles. The SMILES string of the molecule is Cc1ccc(C(=O)OC[C@H]2O[C@H](N=[N+]=[N-])C[C@@H]2OC(=O)c2ccc(C)cc2)cc1. The smallest absolute Gasteiger partial charge is 0.338 e. The molecule has 1 fully saturated rings. The average molecular weight is 395 g/mol. The van der Waals surface area contributed by atoms with Gasteiger partial charge in [0, 0.05) is 11.3 Å². The molecule has 1 heterocycles. The topological polar surface area (TPSA) is 111 Å². The third-order valence-corrected chi connectivity index (χ3v) is 4.57. The lowest BCUT2D eigenvalue weighted by Crippen LogP contribution is -2.32. The zero-order valence-electron chi connectivity index (χ0n) is 16.1. The number of carbonyl (C=O) groups excluding carboxylic acids is 2. The highest BCUT2D eigenvalue weighted by Gasteiger charge is 2.38. The molecule has 3 rings (SSSR count). The van der Waals surface area contributed by atoms with Gasteiger partial charge in [-0.05, 0) is 43.6 Å². The molecule has 8 nitrogen and oxygen atoms in total. The monoisotopic (exact) mass is 395 g/mol. The quantitative estimate of drug-likeness (QED) is 0.316. The van der Waals surface area contributed by atoms with Gasteiger partial charge in [0.2, 0.25) is 0 Å². The summed E-state index contributed by atoms with van der Waals surface area (Å²) in [4.78, 5) is 27.4. The minimum atomic E-state index is -0.793. The summed E-state index contributed by atoms with van der Waals surface area (Å²) in [5, 5.41) is 3.54. The number of hydrogen-bond acceptors (Lipinski definition) is 6. The molecule has 0 aliphatic carbocycles. The van der Waals surface area contributed by atoms with E-state index in [9.17, 15) is 9.59 Å². The van der Waals surface area contributed by atoms with Crippen molar-refractivity contribution in [2.45, 2.75) is 38.7 Å². The van der Waals surface area contributed by atoms with Crippen LogP contribution in [-0.4, -0.2) is 37.0 Å². The number of hydrogen-bond donors (Lipinski definition) is 0. The Kier molecular flexibility index (Phi) is 6.49. The maximum Gasteiger partial charge on any atom is 0.338 e. The zero-order chi connectivity index (χ0) is 20.8. The lowest BCUT2D eigenvalue weighted by molar-refractivity contribution is -0.0410. The molecule has 0 saturated carbocycles. The molecule has 1 saturated heterocycles. The molecule has 0 bridgehead atoms. The minimum absolute atomic E-state index is 0.129. The van der Waals surface area contributed by atoms with Gasteiger partial charge in [0.25, 0.3) is 0 Å². The summed E-state index contributed by atoms with van der Waals surface area (Å²) in [6.45, 7) is 3.71. The minimum Gasteiger partial charge on any atom is -0.459 e. The fourth-order valence-electron chi connectivity index (χ4n) is 2.92. The van der Waals surface area contributed by atoms with Crippen molar-refractivity contribution < 1.29 is 23.8 Å². The molecule has 8 heteroatoms. The van der Waals surface area contributed by atoms with Gasteiger partial charge in [-0.2, -0.15) is 0 Å². The molecule has 0 N–H and O–H groups in total. The number of benzene rings is 2. The van der Waals surface area contributed by atoms with Crippen molar-refractivity contribution in [2.75, 3.05) is 6.61 Å². The van der Waals surface area contributed by atoms with Crippen molar-refractivity contribution in [3.63, 3.8) is 0 Å². The predicted molar refractivity (Wildman–Crippen MR) is 104 cm³/mol. The fourth-order valence-corrected chi connectivity index (χ4v) is 2.92. The summed E-state index contributed by atoms with van der Waals surface area (Å²) in [5.41, 5.74) is 11.5. The molecule has 29 heavy (non-hydrogen) atoms. The summed E-state index contributed by atoms with van der Waals surface area (Å²) in [5.74, 6) is -1.03. The van der Waals surface area contributed by atoms with E-state index >= 15 is 0 Å². The molecule has 0 radical (unpaired) electrons. The Bertz CT molecular complexity index is 920. The van der Waals surface area contributed by atoms with Gasteiger partial charge in [0.15, 0.2) is 0 Å². The van der Waals surface area contributed by atoms with Crippen LogP contribution < -0.4 is 0 Å². The van der Waals surface area contributed by atoms with Gasteiger partial charge in [0.05, 0.1) is 11.1 Å². The highest BCUT2D eigenvalue weighted by Crippen LogP contribution is 2.26. The Hall–Kier alpha value is -3.35. The van der Waals surface area contributed by atoms with Crippen molar-refractivity contribution >= 4 is 11.9 Å². The van der Waals surface area contributed by atoms with Crippen LogP contribution in [0.15, 0.2) is 53.6 Å². The second kappa shape index (κ2) is 9.23. The first kappa shape index (κ1) is 20.4. The molecule has 0 spiro atoms. The van der Waals surface area contributed by atoms with Crippen LogP contribution in [0, 0.1) is 13.8 Å². The largest absolute Gasteiger partial charge is 0.459 e. The summed E-state index contributed by atoms with van der Waals surface area (Å²) < 4.78 is 16.5. The van der Waals surface area contributed by atoms with E-state index in [1.54, 1.807) is 24.3 Å². The van der Waals surface area contributed by atoms with Crippen LogP contribution in [0.3, 0.4) is 0 Å². The van der Waals surface area contributed by atoms with E-state index in [0.29, 0.717) is 11.1 Å². The van der Waals surface area contributed by atoms with Crippen LogP contribution in [0.5, 0.6) is 0 Å². The molecule has 3 atom stereocenters. The van der Waals surface area contributed by atoms with Gasteiger partial charge in [0.1, 0.15) is 25.0 Å². The third kappa shape index (κ3) is 5.34. The van der Waals surface area contributed by atoms with E-state index in [0.717, 1.165) is 11.1 Å². The lowest BCUT2D eigenvalue weighted by Gasteiger charge is -2.19. The van der Waals surface area contributed by atoms with Gasteiger partial charge >= 0.3 is 11.9 Å². The third-order valence-electron chi connectivity index (χ3n) is 4.57. The van der Waals surface area contributed by atoms with Crippen LogP contribution >= 0.6 is 0 Å². The molecule has 0 unspecified atom stereocenters. The van der Waals surface area contributed by atoms with Gasteiger partial charge in [-0.25, -0.2) is 9.59 Å². The van der Waals surface area contributed by atoms with Gasteiger partial charge in [-0.3, -0.25) is 0 Å². The Morgan fingerprint density at radius 3 is 2.14 bits per heavy atom. The molecular formula is C21H21N3O5. The van der Waals surface area contributed by atoms with Gasteiger partial charge in [-0.1, -0.05) is 40.5 Å². The standard InChI is InChI=1S/C21H21N3O5/c1-13-3-7-15(8-4-13)20(25)27-12-18-17(11-19(28-18)23-24-22)29-21(26)16-9-5-14(2)6-10-16/h3-10,17-19H,11-12H2,1-2H3/t17-,18+,19-/m0/s1. The first-order valence-corrected chi connectivity index (χ1v) is 9.17. The van der Waals surface area contributed by atoms with E-state index in [-0.39, 0.29) is 13.0 Å². The van der Waals surface area contributed by atoms with E-state index in [1.807, 2.05) is 38.1 Å².